The van der Waals surface area contributed by atoms with E-state index in [9.17, 15) is 9.46 Å². The zero-order valence-electron chi connectivity index (χ0n) is 9.12. The average Bonchev–Trinajstić information content (AvgIpc) is 1.96. The van der Waals surface area contributed by atoms with Gasteiger partial charge >= 0.3 is 7.60 Å². The average molecular weight is 318 g/mol. The standard InChI is InChI=1S/C9H15BrClO3P/c1-6(2)9(10)7(11)5-15(12,13)14-8(9,3)4/h5-6H,1-4H3,(H,12,13). The number of halogens is 2. The third kappa shape index (κ3) is 2.20. The lowest BCUT2D eigenvalue weighted by atomic mass is 9.81. The van der Waals surface area contributed by atoms with Crippen LogP contribution in [0.1, 0.15) is 27.7 Å². The highest BCUT2D eigenvalue weighted by Crippen LogP contribution is 2.62. The van der Waals surface area contributed by atoms with Gasteiger partial charge in [-0.15, -0.1) is 0 Å². The summed E-state index contributed by atoms with van der Waals surface area (Å²) in [5, 5.41) is 0.333. The molecule has 1 N–H and O–H groups in total. The Bertz CT molecular complexity index is 353. The van der Waals surface area contributed by atoms with Gasteiger partial charge in [0.1, 0.15) is 0 Å². The molecule has 0 bridgehead atoms. The number of hydrogen-bond acceptors (Lipinski definition) is 2. The van der Waals surface area contributed by atoms with E-state index in [1.807, 2.05) is 13.8 Å². The SMILES string of the molecule is CC(C)C1(Br)C(Cl)=CP(=O)(O)OC1(C)C. The van der Waals surface area contributed by atoms with Gasteiger partial charge in [0.05, 0.1) is 9.93 Å². The third-order valence-corrected chi connectivity index (χ3v) is 7.04. The maximum Gasteiger partial charge on any atom is 0.353 e. The van der Waals surface area contributed by atoms with Crippen molar-refractivity contribution >= 4 is 35.1 Å². The van der Waals surface area contributed by atoms with Crippen LogP contribution in [0.5, 0.6) is 0 Å². The monoisotopic (exact) mass is 316 g/mol. The molecule has 3 nitrogen and oxygen atoms in total. The summed E-state index contributed by atoms with van der Waals surface area (Å²) < 4.78 is 16.1. The second-order valence-electron chi connectivity index (χ2n) is 4.51. The van der Waals surface area contributed by atoms with Gasteiger partial charge in [-0.2, -0.15) is 0 Å². The van der Waals surface area contributed by atoms with Crippen molar-refractivity contribution in [3.63, 3.8) is 0 Å². The molecule has 0 amide bonds. The van der Waals surface area contributed by atoms with Crippen LogP contribution in [0.2, 0.25) is 0 Å². The van der Waals surface area contributed by atoms with E-state index in [1.165, 1.54) is 0 Å². The maximum absolute atomic E-state index is 11.5. The molecule has 0 aromatic rings. The Hall–Kier alpha value is 0.660. The second-order valence-corrected chi connectivity index (χ2v) is 7.74. The molecular weight excluding hydrogens is 302 g/mol. The van der Waals surface area contributed by atoms with Gasteiger partial charge in [0.15, 0.2) is 0 Å². The van der Waals surface area contributed by atoms with Gasteiger partial charge in [-0.3, -0.25) is 9.09 Å². The van der Waals surface area contributed by atoms with Crippen LogP contribution in [0.25, 0.3) is 0 Å². The zero-order valence-corrected chi connectivity index (χ0v) is 12.4. The van der Waals surface area contributed by atoms with Gasteiger partial charge < -0.3 is 4.89 Å². The van der Waals surface area contributed by atoms with Gasteiger partial charge in [0, 0.05) is 10.8 Å². The Balaban J connectivity index is 3.35. The van der Waals surface area contributed by atoms with Gasteiger partial charge in [-0.1, -0.05) is 41.4 Å². The molecule has 0 spiro atoms. The normalized spacial score (nSPS) is 40.4. The molecule has 0 saturated carbocycles. The van der Waals surface area contributed by atoms with Crippen molar-refractivity contribution in [1.82, 2.24) is 0 Å². The van der Waals surface area contributed by atoms with Gasteiger partial charge in [-0.25, -0.2) is 0 Å². The summed E-state index contributed by atoms with van der Waals surface area (Å²) >= 11 is 9.63. The minimum Gasteiger partial charge on any atom is -0.321 e. The predicted octanol–water partition coefficient (Wildman–Crippen LogP) is 3.85. The summed E-state index contributed by atoms with van der Waals surface area (Å²) in [6, 6.07) is 0. The fourth-order valence-corrected chi connectivity index (χ4v) is 4.57. The lowest BCUT2D eigenvalue weighted by molar-refractivity contribution is 0.0498. The van der Waals surface area contributed by atoms with Crippen molar-refractivity contribution in [3.05, 3.63) is 10.8 Å². The van der Waals surface area contributed by atoms with E-state index in [0.717, 1.165) is 5.82 Å². The summed E-state index contributed by atoms with van der Waals surface area (Å²) in [7, 11) is -3.71. The first-order valence-electron chi connectivity index (χ1n) is 4.64. The highest BCUT2D eigenvalue weighted by atomic mass is 79.9. The van der Waals surface area contributed by atoms with Crippen LogP contribution < -0.4 is 0 Å². The molecule has 88 valence electrons. The molecule has 0 aromatic heterocycles. The molecule has 0 aromatic carbocycles. The van der Waals surface area contributed by atoms with E-state index in [1.54, 1.807) is 13.8 Å². The van der Waals surface area contributed by atoms with Crippen LogP contribution in [0.4, 0.5) is 0 Å². The molecule has 15 heavy (non-hydrogen) atoms. The van der Waals surface area contributed by atoms with E-state index in [2.05, 4.69) is 15.9 Å². The first kappa shape index (κ1) is 13.7. The van der Waals surface area contributed by atoms with Crippen LogP contribution in [0, 0.1) is 5.92 Å². The minimum atomic E-state index is -3.71. The van der Waals surface area contributed by atoms with E-state index in [-0.39, 0.29) is 5.92 Å². The molecule has 6 heteroatoms. The molecule has 0 radical (unpaired) electrons. The lowest BCUT2D eigenvalue weighted by Gasteiger charge is -2.47. The maximum atomic E-state index is 11.5. The molecule has 1 heterocycles. The second kappa shape index (κ2) is 3.85. The third-order valence-electron chi connectivity index (χ3n) is 2.65. The summed E-state index contributed by atoms with van der Waals surface area (Å²) in [6.07, 6.45) is 0. The Kier molecular flexibility index (Phi) is 3.52. The van der Waals surface area contributed by atoms with Crippen LogP contribution in [0.3, 0.4) is 0 Å². The number of hydrogen-bond donors (Lipinski definition) is 1. The molecule has 1 aliphatic rings. The Labute approximate surface area is 104 Å². The number of alkyl halides is 1. The fourth-order valence-electron chi connectivity index (χ4n) is 1.92. The largest absolute Gasteiger partial charge is 0.353 e. The topological polar surface area (TPSA) is 46.5 Å². The quantitative estimate of drug-likeness (QED) is 0.590. The molecule has 1 rings (SSSR count). The molecule has 0 saturated heterocycles. The van der Waals surface area contributed by atoms with E-state index in [0.29, 0.717) is 5.03 Å². The minimum absolute atomic E-state index is 0.136. The molecule has 0 fully saturated rings. The van der Waals surface area contributed by atoms with Crippen LogP contribution in [-0.4, -0.2) is 14.8 Å². The predicted molar refractivity (Wildman–Crippen MR) is 65.4 cm³/mol. The highest BCUT2D eigenvalue weighted by Gasteiger charge is 2.55. The smallest absolute Gasteiger partial charge is 0.321 e. The summed E-state index contributed by atoms with van der Waals surface area (Å²) in [5.41, 5.74) is -0.836. The Morgan fingerprint density at radius 2 is 2.07 bits per heavy atom. The molecule has 1 aliphatic heterocycles. The Morgan fingerprint density at radius 1 is 1.60 bits per heavy atom. The molecule has 2 atom stereocenters. The van der Waals surface area contributed by atoms with Gasteiger partial charge in [0.25, 0.3) is 0 Å². The van der Waals surface area contributed by atoms with E-state index < -0.39 is 17.5 Å². The lowest BCUT2D eigenvalue weighted by Crippen LogP contribution is -2.52. The summed E-state index contributed by atoms with van der Waals surface area (Å²) in [4.78, 5) is 9.45. The van der Waals surface area contributed by atoms with E-state index >= 15 is 0 Å². The first-order chi connectivity index (χ1) is 6.53. The van der Waals surface area contributed by atoms with Gasteiger partial charge in [0.2, 0.25) is 0 Å². The molecule has 2 unspecified atom stereocenters. The van der Waals surface area contributed by atoms with E-state index in [4.69, 9.17) is 16.1 Å². The molecule has 0 aliphatic carbocycles. The van der Waals surface area contributed by atoms with Crippen LogP contribution in [0.15, 0.2) is 10.8 Å². The van der Waals surface area contributed by atoms with Crippen LogP contribution in [-0.2, 0) is 9.09 Å². The Morgan fingerprint density at radius 3 is 2.40 bits per heavy atom. The van der Waals surface area contributed by atoms with Gasteiger partial charge in [-0.05, 0) is 19.8 Å². The first-order valence-corrected chi connectivity index (χ1v) is 7.46. The van der Waals surface area contributed by atoms with Crippen molar-refractivity contribution in [2.24, 2.45) is 5.92 Å². The zero-order chi connectivity index (χ0) is 12.1. The fraction of sp³-hybridized carbons (Fsp3) is 0.778. The summed E-state index contributed by atoms with van der Waals surface area (Å²) in [6.45, 7) is 7.45. The van der Waals surface area contributed by atoms with Crippen LogP contribution >= 0.6 is 35.1 Å². The van der Waals surface area contributed by atoms with Crippen molar-refractivity contribution in [1.29, 1.82) is 0 Å². The summed E-state index contributed by atoms with van der Waals surface area (Å²) in [5.74, 6) is 1.24. The van der Waals surface area contributed by atoms with Crippen molar-refractivity contribution in [3.8, 4) is 0 Å². The number of rotatable bonds is 1. The van der Waals surface area contributed by atoms with Crippen molar-refractivity contribution < 1.29 is 14.0 Å². The molecular formula is C9H15BrClO3P. The highest BCUT2D eigenvalue weighted by molar-refractivity contribution is 9.10. The van der Waals surface area contributed by atoms with Crippen molar-refractivity contribution in [2.45, 2.75) is 37.6 Å². The van der Waals surface area contributed by atoms with Crippen molar-refractivity contribution in [2.75, 3.05) is 0 Å².